The molecule has 21 heavy (non-hydrogen) atoms. The number of benzene rings is 1. The van der Waals surface area contributed by atoms with Crippen LogP contribution >= 0.6 is 0 Å². The first-order valence-electron chi connectivity index (χ1n) is 8.63. The average molecular weight is 285 g/mol. The van der Waals surface area contributed by atoms with E-state index in [0.29, 0.717) is 5.78 Å². The van der Waals surface area contributed by atoms with E-state index in [1.807, 2.05) is 30.3 Å². The van der Waals surface area contributed by atoms with Crippen LogP contribution in [-0.2, 0) is 0 Å². The molecule has 1 heterocycles. The van der Waals surface area contributed by atoms with Gasteiger partial charge in [-0.15, -0.1) is 0 Å². The van der Waals surface area contributed by atoms with Crippen molar-refractivity contribution in [3.8, 4) is 0 Å². The van der Waals surface area contributed by atoms with E-state index in [4.69, 9.17) is 0 Å². The topological polar surface area (TPSA) is 20.3 Å². The Kier molecular flexibility index (Phi) is 4.74. The number of ketones is 1. The van der Waals surface area contributed by atoms with Crippen LogP contribution < -0.4 is 0 Å². The van der Waals surface area contributed by atoms with Gasteiger partial charge in [-0.3, -0.25) is 9.69 Å². The molecule has 0 radical (unpaired) electrons. The number of likely N-dealkylation sites (tertiary alicyclic amines) is 1. The van der Waals surface area contributed by atoms with Gasteiger partial charge in [-0.25, -0.2) is 0 Å². The van der Waals surface area contributed by atoms with Gasteiger partial charge in [-0.1, -0.05) is 56.5 Å². The minimum atomic E-state index is 0.0790. The molecule has 2 fully saturated rings. The monoisotopic (exact) mass is 285 g/mol. The molecular formula is C19H27NO. The highest BCUT2D eigenvalue weighted by Crippen LogP contribution is 2.37. The smallest absolute Gasteiger partial charge is 0.179 e. The van der Waals surface area contributed by atoms with Gasteiger partial charge in [0.25, 0.3) is 0 Å². The third-order valence-corrected chi connectivity index (χ3v) is 5.51. The van der Waals surface area contributed by atoms with E-state index in [1.54, 1.807) is 0 Å². The molecule has 114 valence electrons. The van der Waals surface area contributed by atoms with E-state index in [2.05, 4.69) is 11.8 Å². The molecule has 3 rings (SSSR count). The molecule has 1 aliphatic heterocycles. The van der Waals surface area contributed by atoms with Crippen molar-refractivity contribution in [2.45, 2.75) is 51.5 Å². The summed E-state index contributed by atoms with van der Waals surface area (Å²) in [5.74, 6) is 2.08. The lowest BCUT2D eigenvalue weighted by molar-refractivity contribution is 0.0469. The summed E-state index contributed by atoms with van der Waals surface area (Å²) in [7, 11) is 0. The van der Waals surface area contributed by atoms with Crippen molar-refractivity contribution in [3.63, 3.8) is 0 Å². The lowest BCUT2D eigenvalue weighted by Crippen LogP contribution is -2.49. The Labute approximate surface area is 128 Å². The number of hydrogen-bond acceptors (Lipinski definition) is 2. The van der Waals surface area contributed by atoms with Crippen molar-refractivity contribution in [2.24, 2.45) is 11.8 Å². The molecule has 1 aromatic rings. The summed E-state index contributed by atoms with van der Waals surface area (Å²) in [5, 5.41) is 0. The molecule has 1 saturated carbocycles. The van der Waals surface area contributed by atoms with Crippen LogP contribution in [0.4, 0.5) is 0 Å². The predicted octanol–water partition coefficient (Wildman–Crippen LogP) is 4.16. The van der Waals surface area contributed by atoms with Gasteiger partial charge in [0, 0.05) is 12.1 Å². The number of Topliss-reactive ketones (excluding diaryl/α,β-unsaturated/α-hetero) is 1. The zero-order valence-corrected chi connectivity index (χ0v) is 13.1. The second kappa shape index (κ2) is 6.74. The summed E-state index contributed by atoms with van der Waals surface area (Å²) in [6.07, 6.45) is 7.81. The molecule has 1 aromatic carbocycles. The van der Waals surface area contributed by atoms with Gasteiger partial charge in [-0.05, 0) is 37.6 Å². The van der Waals surface area contributed by atoms with Crippen LogP contribution in [0, 0.1) is 11.8 Å². The van der Waals surface area contributed by atoms with Crippen molar-refractivity contribution in [3.05, 3.63) is 35.9 Å². The number of piperidine rings is 1. The summed E-state index contributed by atoms with van der Waals surface area (Å²) >= 11 is 0. The first-order chi connectivity index (χ1) is 10.3. The lowest BCUT2D eigenvalue weighted by Gasteiger charge is -2.43. The largest absolute Gasteiger partial charge is 0.293 e. The molecule has 0 aromatic heterocycles. The van der Waals surface area contributed by atoms with Crippen molar-refractivity contribution in [1.29, 1.82) is 0 Å². The molecule has 0 bridgehead atoms. The quantitative estimate of drug-likeness (QED) is 0.774. The normalized spacial score (nSPS) is 27.9. The molecule has 3 unspecified atom stereocenters. The van der Waals surface area contributed by atoms with Crippen LogP contribution in [0.2, 0.25) is 0 Å². The molecule has 3 atom stereocenters. The predicted molar refractivity (Wildman–Crippen MR) is 86.5 cm³/mol. The first-order valence-corrected chi connectivity index (χ1v) is 8.63. The van der Waals surface area contributed by atoms with Crippen LogP contribution in [-0.4, -0.2) is 29.8 Å². The van der Waals surface area contributed by atoms with Crippen molar-refractivity contribution < 1.29 is 4.79 Å². The van der Waals surface area contributed by atoms with Crippen LogP contribution in [0.3, 0.4) is 0 Å². The summed E-state index contributed by atoms with van der Waals surface area (Å²) in [5.41, 5.74) is 0.870. The Hall–Kier alpha value is -1.15. The maximum absolute atomic E-state index is 12.8. The van der Waals surface area contributed by atoms with Crippen molar-refractivity contribution in [2.75, 3.05) is 13.1 Å². The third kappa shape index (κ3) is 3.21. The summed E-state index contributed by atoms with van der Waals surface area (Å²) in [4.78, 5) is 15.3. The zero-order valence-electron chi connectivity index (χ0n) is 13.1. The van der Waals surface area contributed by atoms with Crippen LogP contribution in [0.25, 0.3) is 0 Å². The highest BCUT2D eigenvalue weighted by Gasteiger charge is 2.35. The number of nitrogens with zero attached hydrogens (tertiary/aromatic N) is 1. The second-order valence-electron chi connectivity index (χ2n) is 6.74. The summed E-state index contributed by atoms with van der Waals surface area (Å²) in [6, 6.07) is 9.90. The van der Waals surface area contributed by atoms with Gasteiger partial charge in [0.1, 0.15) is 0 Å². The minimum Gasteiger partial charge on any atom is -0.293 e. The summed E-state index contributed by atoms with van der Waals surface area (Å²) in [6.45, 7) is 4.40. The summed E-state index contributed by atoms with van der Waals surface area (Å²) < 4.78 is 0. The maximum Gasteiger partial charge on any atom is 0.179 e. The SMILES string of the molecule is CCC(C(=O)c1ccccc1)N1CCC2CCCCC2C1. The fourth-order valence-corrected chi connectivity index (χ4v) is 4.32. The number of carbonyl (C=O) groups excluding carboxylic acids is 1. The average Bonchev–Trinajstić information content (AvgIpc) is 2.56. The highest BCUT2D eigenvalue weighted by molar-refractivity contribution is 6.00. The molecule has 0 amide bonds. The van der Waals surface area contributed by atoms with Gasteiger partial charge in [0.15, 0.2) is 5.78 Å². The van der Waals surface area contributed by atoms with Crippen LogP contribution in [0.5, 0.6) is 0 Å². The van der Waals surface area contributed by atoms with E-state index in [1.165, 1.54) is 32.1 Å². The van der Waals surface area contributed by atoms with Crippen LogP contribution in [0.1, 0.15) is 55.8 Å². The molecule has 2 heteroatoms. The number of fused-ring (bicyclic) bond motifs is 1. The Bertz CT molecular complexity index is 470. The van der Waals surface area contributed by atoms with Crippen LogP contribution in [0.15, 0.2) is 30.3 Å². The fourth-order valence-electron chi connectivity index (χ4n) is 4.32. The van der Waals surface area contributed by atoms with E-state index < -0.39 is 0 Å². The molecule has 0 N–H and O–H groups in total. The Morgan fingerprint density at radius 2 is 1.86 bits per heavy atom. The maximum atomic E-state index is 12.8. The van der Waals surface area contributed by atoms with E-state index in [0.717, 1.165) is 36.9 Å². The molecule has 2 nitrogen and oxygen atoms in total. The van der Waals surface area contributed by atoms with Gasteiger partial charge in [0.2, 0.25) is 0 Å². The number of carbonyl (C=O) groups is 1. The molecule has 1 aliphatic carbocycles. The second-order valence-corrected chi connectivity index (χ2v) is 6.74. The lowest BCUT2D eigenvalue weighted by atomic mass is 9.74. The van der Waals surface area contributed by atoms with Gasteiger partial charge in [0.05, 0.1) is 6.04 Å². The van der Waals surface area contributed by atoms with Gasteiger partial charge >= 0.3 is 0 Å². The first kappa shape index (κ1) is 14.8. The molecule has 1 saturated heterocycles. The van der Waals surface area contributed by atoms with E-state index >= 15 is 0 Å². The Morgan fingerprint density at radius 3 is 2.57 bits per heavy atom. The highest BCUT2D eigenvalue weighted by atomic mass is 16.1. The van der Waals surface area contributed by atoms with Crippen molar-refractivity contribution in [1.82, 2.24) is 4.90 Å². The third-order valence-electron chi connectivity index (χ3n) is 5.51. The number of hydrogen-bond donors (Lipinski definition) is 0. The molecule has 0 spiro atoms. The van der Waals surface area contributed by atoms with Gasteiger partial charge in [-0.2, -0.15) is 0 Å². The van der Waals surface area contributed by atoms with E-state index in [9.17, 15) is 4.79 Å². The standard InChI is InChI=1S/C19H27NO/c1-2-18(19(21)16-9-4-3-5-10-16)20-13-12-15-8-6-7-11-17(15)14-20/h3-5,9-10,15,17-18H,2,6-8,11-14H2,1H3. The molecule has 2 aliphatic rings. The fraction of sp³-hybridized carbons (Fsp3) is 0.632. The Balaban J connectivity index is 1.70. The van der Waals surface area contributed by atoms with E-state index in [-0.39, 0.29) is 6.04 Å². The zero-order chi connectivity index (χ0) is 14.7. The minimum absolute atomic E-state index is 0.0790. The number of rotatable bonds is 4. The van der Waals surface area contributed by atoms with Gasteiger partial charge < -0.3 is 0 Å². The Morgan fingerprint density at radius 1 is 1.14 bits per heavy atom. The van der Waals surface area contributed by atoms with Crippen molar-refractivity contribution >= 4 is 5.78 Å². The molecular weight excluding hydrogens is 258 g/mol.